The summed E-state index contributed by atoms with van der Waals surface area (Å²) in [4.78, 5) is 0. The zero-order valence-electron chi connectivity index (χ0n) is 10.8. The minimum atomic E-state index is 0.151. The van der Waals surface area contributed by atoms with Crippen LogP contribution in [0.25, 0.3) is 10.8 Å². The maximum absolute atomic E-state index is 6.48. The molecule has 2 atom stereocenters. The highest BCUT2D eigenvalue weighted by molar-refractivity contribution is 9.10. The summed E-state index contributed by atoms with van der Waals surface area (Å²) in [5.74, 6) is 0.613. The number of hydrogen-bond acceptors (Lipinski definition) is 1. The van der Waals surface area contributed by atoms with E-state index in [4.69, 9.17) is 5.73 Å². The van der Waals surface area contributed by atoms with Gasteiger partial charge in [-0.1, -0.05) is 60.1 Å². The highest BCUT2D eigenvalue weighted by Gasteiger charge is 2.49. The van der Waals surface area contributed by atoms with Gasteiger partial charge in [-0.25, -0.2) is 0 Å². The van der Waals surface area contributed by atoms with E-state index >= 15 is 0 Å². The van der Waals surface area contributed by atoms with E-state index in [1.165, 1.54) is 22.8 Å². The van der Waals surface area contributed by atoms with Gasteiger partial charge in [0, 0.05) is 10.5 Å². The number of fused-ring (bicyclic) bond motifs is 1. The van der Waals surface area contributed by atoms with Crippen LogP contribution in [0.4, 0.5) is 0 Å². The van der Waals surface area contributed by atoms with Gasteiger partial charge in [0.2, 0.25) is 0 Å². The minimum Gasteiger partial charge on any atom is -0.324 e. The van der Waals surface area contributed by atoms with Crippen molar-refractivity contribution in [3.63, 3.8) is 0 Å². The fourth-order valence-electron chi connectivity index (χ4n) is 2.91. The van der Waals surface area contributed by atoms with E-state index < -0.39 is 0 Å². The van der Waals surface area contributed by atoms with Crippen molar-refractivity contribution in [1.82, 2.24) is 0 Å². The fourth-order valence-corrected chi connectivity index (χ4v) is 3.39. The van der Waals surface area contributed by atoms with Crippen LogP contribution in [-0.2, 0) is 0 Å². The zero-order valence-corrected chi connectivity index (χ0v) is 12.4. The molecule has 1 saturated carbocycles. The van der Waals surface area contributed by atoms with E-state index in [9.17, 15) is 0 Å². The summed E-state index contributed by atoms with van der Waals surface area (Å²) in [6.45, 7) is 4.61. The molecule has 2 aromatic rings. The van der Waals surface area contributed by atoms with E-state index in [1.54, 1.807) is 0 Å². The molecule has 1 aliphatic carbocycles. The van der Waals surface area contributed by atoms with Crippen LogP contribution in [0.1, 0.15) is 31.9 Å². The quantitative estimate of drug-likeness (QED) is 0.859. The lowest BCUT2D eigenvalue weighted by molar-refractivity contribution is 0.493. The molecule has 0 heterocycles. The molecule has 94 valence electrons. The van der Waals surface area contributed by atoms with Gasteiger partial charge in [0.15, 0.2) is 0 Å². The van der Waals surface area contributed by atoms with Crippen molar-refractivity contribution in [3.8, 4) is 0 Å². The molecule has 2 N–H and O–H groups in total. The Balaban J connectivity index is 2.10. The summed E-state index contributed by atoms with van der Waals surface area (Å²) in [6, 6.07) is 12.9. The Bertz CT molecular complexity index is 603. The number of benzene rings is 2. The molecule has 0 aromatic heterocycles. The van der Waals surface area contributed by atoms with Crippen molar-refractivity contribution in [2.75, 3.05) is 0 Å². The topological polar surface area (TPSA) is 26.0 Å². The molecule has 0 saturated heterocycles. The molecule has 0 amide bonds. The number of nitrogens with two attached hydrogens (primary N) is 1. The summed E-state index contributed by atoms with van der Waals surface area (Å²) in [6.07, 6.45) is 1.23. The Hall–Kier alpha value is -0.860. The molecular weight excluding hydrogens is 286 g/mol. The number of halogens is 1. The Kier molecular flexibility index (Phi) is 2.76. The van der Waals surface area contributed by atoms with Crippen molar-refractivity contribution in [2.45, 2.75) is 26.3 Å². The third-order valence-electron chi connectivity index (χ3n) is 4.29. The van der Waals surface area contributed by atoms with Crippen molar-refractivity contribution < 1.29 is 0 Å². The Labute approximate surface area is 117 Å². The molecule has 18 heavy (non-hydrogen) atoms. The van der Waals surface area contributed by atoms with Gasteiger partial charge in [-0.05, 0) is 40.2 Å². The average Bonchev–Trinajstić information content (AvgIpc) is 2.99. The van der Waals surface area contributed by atoms with Crippen LogP contribution in [0.15, 0.2) is 40.9 Å². The first-order valence-corrected chi connectivity index (χ1v) is 7.23. The summed E-state index contributed by atoms with van der Waals surface area (Å²) >= 11 is 3.61. The normalized spacial score (nSPS) is 23.0. The molecule has 1 nitrogen and oxygen atoms in total. The molecule has 0 bridgehead atoms. The van der Waals surface area contributed by atoms with Crippen LogP contribution in [0.2, 0.25) is 0 Å². The maximum atomic E-state index is 6.48. The lowest BCUT2D eigenvalue weighted by Crippen LogP contribution is -2.15. The SMILES string of the molecule is CC1(C)CC1C(N)c1ccc(Br)c2ccccc12. The molecule has 0 aliphatic heterocycles. The Morgan fingerprint density at radius 2 is 1.78 bits per heavy atom. The third-order valence-corrected chi connectivity index (χ3v) is 4.98. The lowest BCUT2D eigenvalue weighted by Gasteiger charge is -2.17. The second-order valence-electron chi connectivity index (χ2n) is 6.01. The molecule has 2 heteroatoms. The predicted octanol–water partition coefficient (Wildman–Crippen LogP) is 4.65. The van der Waals surface area contributed by atoms with Crippen LogP contribution < -0.4 is 5.73 Å². The first-order valence-electron chi connectivity index (χ1n) is 6.43. The van der Waals surface area contributed by atoms with Gasteiger partial charge in [0.1, 0.15) is 0 Å². The van der Waals surface area contributed by atoms with E-state index in [0.29, 0.717) is 11.3 Å². The predicted molar refractivity (Wildman–Crippen MR) is 80.5 cm³/mol. The van der Waals surface area contributed by atoms with Crippen molar-refractivity contribution in [2.24, 2.45) is 17.1 Å². The van der Waals surface area contributed by atoms with Crippen LogP contribution in [0.5, 0.6) is 0 Å². The molecular formula is C16H18BrN. The molecule has 0 radical (unpaired) electrons. The van der Waals surface area contributed by atoms with Gasteiger partial charge in [0.05, 0.1) is 0 Å². The second-order valence-corrected chi connectivity index (χ2v) is 6.86. The van der Waals surface area contributed by atoms with Gasteiger partial charge < -0.3 is 5.73 Å². The smallest absolute Gasteiger partial charge is 0.0335 e. The average molecular weight is 304 g/mol. The first-order chi connectivity index (χ1) is 8.50. The highest BCUT2D eigenvalue weighted by Crippen LogP contribution is 2.57. The maximum Gasteiger partial charge on any atom is 0.0335 e. The van der Waals surface area contributed by atoms with Crippen molar-refractivity contribution in [1.29, 1.82) is 0 Å². The van der Waals surface area contributed by atoms with Crippen LogP contribution in [-0.4, -0.2) is 0 Å². The lowest BCUT2D eigenvalue weighted by atomic mass is 9.93. The Morgan fingerprint density at radius 3 is 2.39 bits per heavy atom. The summed E-state index contributed by atoms with van der Waals surface area (Å²) in [5, 5.41) is 2.53. The number of hydrogen-bond donors (Lipinski definition) is 1. The van der Waals surface area contributed by atoms with E-state index in [-0.39, 0.29) is 6.04 Å². The summed E-state index contributed by atoms with van der Waals surface area (Å²) in [7, 11) is 0. The van der Waals surface area contributed by atoms with Crippen LogP contribution in [0, 0.1) is 11.3 Å². The van der Waals surface area contributed by atoms with Gasteiger partial charge >= 0.3 is 0 Å². The van der Waals surface area contributed by atoms with Gasteiger partial charge in [-0.2, -0.15) is 0 Å². The summed E-state index contributed by atoms with van der Waals surface area (Å²) in [5.41, 5.74) is 8.17. The molecule has 2 unspecified atom stereocenters. The largest absolute Gasteiger partial charge is 0.324 e. The van der Waals surface area contributed by atoms with Crippen LogP contribution >= 0.6 is 15.9 Å². The van der Waals surface area contributed by atoms with Gasteiger partial charge in [-0.3, -0.25) is 0 Å². The van der Waals surface area contributed by atoms with Gasteiger partial charge in [0.25, 0.3) is 0 Å². The third kappa shape index (κ3) is 1.88. The van der Waals surface area contributed by atoms with Crippen molar-refractivity contribution in [3.05, 3.63) is 46.4 Å². The minimum absolute atomic E-state index is 0.151. The summed E-state index contributed by atoms with van der Waals surface area (Å²) < 4.78 is 1.14. The monoisotopic (exact) mass is 303 g/mol. The first kappa shape index (κ1) is 12.2. The Morgan fingerprint density at radius 1 is 1.17 bits per heavy atom. The van der Waals surface area contributed by atoms with Crippen LogP contribution in [0.3, 0.4) is 0 Å². The molecule has 3 rings (SSSR count). The van der Waals surface area contributed by atoms with Gasteiger partial charge in [-0.15, -0.1) is 0 Å². The van der Waals surface area contributed by atoms with E-state index in [0.717, 1.165) is 4.47 Å². The molecule has 1 aliphatic rings. The molecule has 2 aromatic carbocycles. The molecule has 1 fully saturated rings. The number of rotatable bonds is 2. The highest BCUT2D eigenvalue weighted by atomic mass is 79.9. The van der Waals surface area contributed by atoms with E-state index in [1.807, 2.05) is 0 Å². The second kappa shape index (κ2) is 4.07. The van der Waals surface area contributed by atoms with E-state index in [2.05, 4.69) is 66.2 Å². The van der Waals surface area contributed by atoms with Crippen molar-refractivity contribution >= 4 is 26.7 Å². The molecule has 0 spiro atoms. The standard InChI is InChI=1S/C16H18BrN/c1-16(2)9-13(16)15(18)12-7-8-14(17)11-6-4-3-5-10(11)12/h3-8,13,15H,9,18H2,1-2H3. The fraction of sp³-hybridized carbons (Fsp3) is 0.375. The zero-order chi connectivity index (χ0) is 12.9.